The van der Waals surface area contributed by atoms with E-state index in [0.29, 0.717) is 28.8 Å². The van der Waals surface area contributed by atoms with Crippen LogP contribution in [-0.2, 0) is 6.54 Å². The molecule has 0 aliphatic rings. The zero-order valence-electron chi connectivity index (χ0n) is 16.5. The van der Waals surface area contributed by atoms with Crippen LogP contribution in [0.15, 0.2) is 59.5 Å². The number of para-hydroxylation sites is 1. The third-order valence-corrected chi connectivity index (χ3v) is 4.78. The van der Waals surface area contributed by atoms with Gasteiger partial charge in [0.2, 0.25) is 5.88 Å². The van der Waals surface area contributed by atoms with Gasteiger partial charge in [0.25, 0.3) is 0 Å². The Hall–Kier alpha value is -2.94. The van der Waals surface area contributed by atoms with Gasteiger partial charge in [0.05, 0.1) is 24.0 Å². The van der Waals surface area contributed by atoms with Gasteiger partial charge in [-0.05, 0) is 36.4 Å². The zero-order valence-corrected chi connectivity index (χ0v) is 17.2. The summed E-state index contributed by atoms with van der Waals surface area (Å²) in [4.78, 5) is 12.6. The van der Waals surface area contributed by atoms with Crippen LogP contribution in [0.25, 0.3) is 5.69 Å². The first-order valence-corrected chi connectivity index (χ1v) is 9.79. The summed E-state index contributed by atoms with van der Waals surface area (Å²) in [7, 11) is 1.57. The van der Waals surface area contributed by atoms with Crippen LogP contribution in [0.4, 0.5) is 0 Å². The molecule has 9 heteroatoms. The van der Waals surface area contributed by atoms with Crippen molar-refractivity contribution in [1.29, 1.82) is 0 Å². The summed E-state index contributed by atoms with van der Waals surface area (Å²) >= 11 is 6.01. The highest BCUT2D eigenvalue weighted by Crippen LogP contribution is 2.23. The average molecular weight is 434 g/mol. The van der Waals surface area contributed by atoms with Crippen LogP contribution in [0, 0.1) is 0 Å². The van der Waals surface area contributed by atoms with E-state index in [1.54, 1.807) is 55.6 Å². The van der Waals surface area contributed by atoms with Crippen LogP contribution >= 0.6 is 11.6 Å². The topological polar surface area (TPSA) is 97.9 Å². The molecular formula is C21H24ClN3O5. The van der Waals surface area contributed by atoms with Gasteiger partial charge in [-0.15, -0.1) is 0 Å². The number of aromatic hydroxyl groups is 1. The van der Waals surface area contributed by atoms with Gasteiger partial charge < -0.3 is 25.0 Å². The highest BCUT2D eigenvalue weighted by Gasteiger charge is 2.12. The fourth-order valence-corrected chi connectivity index (χ4v) is 3.06. The monoisotopic (exact) mass is 433 g/mol. The number of nitrogens with zero attached hydrogens (tertiary/aromatic N) is 2. The van der Waals surface area contributed by atoms with E-state index in [1.165, 1.54) is 15.3 Å². The minimum Gasteiger partial charge on any atom is -0.497 e. The Morgan fingerprint density at radius 2 is 1.90 bits per heavy atom. The molecular weight excluding hydrogens is 410 g/mol. The number of ether oxygens (including phenoxy) is 2. The van der Waals surface area contributed by atoms with Gasteiger partial charge in [-0.1, -0.05) is 23.7 Å². The second kappa shape index (κ2) is 10.2. The van der Waals surface area contributed by atoms with Crippen molar-refractivity contribution >= 4 is 11.6 Å². The lowest BCUT2D eigenvalue weighted by molar-refractivity contribution is 0.106. The van der Waals surface area contributed by atoms with Gasteiger partial charge >= 0.3 is 5.69 Å². The highest BCUT2D eigenvalue weighted by molar-refractivity contribution is 6.32. The van der Waals surface area contributed by atoms with E-state index >= 15 is 0 Å². The molecule has 0 fully saturated rings. The maximum Gasteiger partial charge on any atom is 0.335 e. The molecule has 0 saturated heterocycles. The van der Waals surface area contributed by atoms with E-state index in [4.69, 9.17) is 21.1 Å². The normalized spacial score (nSPS) is 12.0. The van der Waals surface area contributed by atoms with Crippen molar-refractivity contribution in [2.75, 3.05) is 26.8 Å². The van der Waals surface area contributed by atoms with Crippen LogP contribution in [0.3, 0.4) is 0 Å². The molecule has 0 spiro atoms. The van der Waals surface area contributed by atoms with Gasteiger partial charge in [0.15, 0.2) is 0 Å². The van der Waals surface area contributed by atoms with E-state index in [-0.39, 0.29) is 31.3 Å². The molecule has 0 bridgehead atoms. The van der Waals surface area contributed by atoms with E-state index in [9.17, 15) is 15.0 Å². The lowest BCUT2D eigenvalue weighted by Crippen LogP contribution is -2.34. The van der Waals surface area contributed by atoms with Crippen molar-refractivity contribution in [2.45, 2.75) is 12.6 Å². The van der Waals surface area contributed by atoms with Crippen LogP contribution in [0.5, 0.6) is 17.4 Å². The summed E-state index contributed by atoms with van der Waals surface area (Å²) < 4.78 is 13.2. The number of aliphatic hydroxyl groups excluding tert-OH is 1. The molecule has 1 atom stereocenters. The second-order valence-electron chi connectivity index (χ2n) is 6.59. The Bertz CT molecular complexity index is 1020. The Kier molecular flexibility index (Phi) is 7.40. The predicted octanol–water partition coefficient (Wildman–Crippen LogP) is 2.04. The van der Waals surface area contributed by atoms with Gasteiger partial charge in [-0.3, -0.25) is 9.13 Å². The summed E-state index contributed by atoms with van der Waals surface area (Å²) in [5, 5.41) is 23.7. The van der Waals surface area contributed by atoms with Gasteiger partial charge in [-0.25, -0.2) is 4.79 Å². The Balaban J connectivity index is 1.49. The number of aliphatic hydroxyl groups is 1. The number of imidazole rings is 1. The Labute approximate surface area is 178 Å². The molecule has 8 nitrogen and oxygen atoms in total. The van der Waals surface area contributed by atoms with Crippen molar-refractivity contribution in [3.05, 3.63) is 70.2 Å². The fourth-order valence-electron chi connectivity index (χ4n) is 2.87. The summed E-state index contributed by atoms with van der Waals surface area (Å²) in [6.45, 7) is 0.962. The summed E-state index contributed by atoms with van der Waals surface area (Å²) in [5.41, 5.74) is 0.261. The molecule has 2 aromatic carbocycles. The molecule has 30 heavy (non-hydrogen) atoms. The van der Waals surface area contributed by atoms with Crippen LogP contribution in [0.1, 0.15) is 0 Å². The van der Waals surface area contributed by atoms with Crippen LogP contribution in [0.2, 0.25) is 5.02 Å². The molecule has 3 N–H and O–H groups in total. The van der Waals surface area contributed by atoms with E-state index < -0.39 is 6.10 Å². The minimum absolute atomic E-state index is 0.0791. The fraction of sp³-hybridized carbons (Fsp3) is 0.286. The summed E-state index contributed by atoms with van der Waals surface area (Å²) in [6, 6.07) is 14.0. The number of benzene rings is 2. The molecule has 1 aromatic heterocycles. The molecule has 0 amide bonds. The van der Waals surface area contributed by atoms with Crippen molar-refractivity contribution in [3.63, 3.8) is 0 Å². The average Bonchev–Trinajstić information content (AvgIpc) is 3.04. The third-order valence-electron chi connectivity index (χ3n) is 4.47. The van der Waals surface area contributed by atoms with Gasteiger partial charge in [0, 0.05) is 19.6 Å². The molecule has 0 saturated carbocycles. The van der Waals surface area contributed by atoms with Crippen molar-refractivity contribution in [2.24, 2.45) is 0 Å². The number of halogens is 1. The lowest BCUT2D eigenvalue weighted by atomic mass is 10.3. The minimum atomic E-state index is -0.754. The first kappa shape index (κ1) is 21.8. The lowest BCUT2D eigenvalue weighted by Gasteiger charge is -2.14. The Morgan fingerprint density at radius 1 is 1.17 bits per heavy atom. The van der Waals surface area contributed by atoms with Crippen molar-refractivity contribution in [3.8, 4) is 23.1 Å². The number of methoxy groups -OCH3 is 1. The molecule has 0 aliphatic carbocycles. The summed E-state index contributed by atoms with van der Waals surface area (Å²) in [5.74, 6) is 1.05. The molecule has 160 valence electrons. The molecule has 3 aromatic rings. The smallest absolute Gasteiger partial charge is 0.335 e. The van der Waals surface area contributed by atoms with Crippen LogP contribution in [-0.4, -0.2) is 52.3 Å². The third kappa shape index (κ3) is 5.35. The maximum atomic E-state index is 12.6. The molecule has 0 radical (unpaired) electrons. The van der Waals surface area contributed by atoms with E-state index in [2.05, 4.69) is 5.32 Å². The predicted molar refractivity (Wildman–Crippen MR) is 114 cm³/mol. The van der Waals surface area contributed by atoms with Crippen molar-refractivity contribution < 1.29 is 19.7 Å². The standard InChI is InChI=1S/C21H24ClN3O5/c1-29-17-8-6-15(7-9-17)25-13-20(27)24(21(25)28)11-10-23-12-16(26)14-30-19-5-3-2-4-18(19)22/h2-9,13,16,23,26-27H,10-12,14H2,1H3. The maximum absolute atomic E-state index is 12.6. The zero-order chi connectivity index (χ0) is 21.5. The first-order valence-electron chi connectivity index (χ1n) is 9.41. The highest BCUT2D eigenvalue weighted by atomic mass is 35.5. The van der Waals surface area contributed by atoms with Gasteiger partial charge in [0.1, 0.15) is 24.2 Å². The number of hydrogen-bond donors (Lipinski definition) is 3. The molecule has 0 aliphatic heterocycles. The Morgan fingerprint density at radius 3 is 2.60 bits per heavy atom. The summed E-state index contributed by atoms with van der Waals surface area (Å²) in [6.07, 6.45) is 0.617. The van der Waals surface area contributed by atoms with Crippen LogP contribution < -0.4 is 20.5 Å². The number of nitrogens with one attached hydrogen (secondary N) is 1. The molecule has 3 rings (SSSR count). The number of rotatable bonds is 10. The number of aromatic nitrogens is 2. The first-order chi connectivity index (χ1) is 14.5. The second-order valence-corrected chi connectivity index (χ2v) is 7.00. The van der Waals surface area contributed by atoms with Crippen molar-refractivity contribution in [1.82, 2.24) is 14.5 Å². The SMILES string of the molecule is COc1ccc(-n2cc(O)n(CCNCC(O)COc3ccccc3Cl)c2=O)cc1. The van der Waals surface area contributed by atoms with Gasteiger partial charge in [-0.2, -0.15) is 0 Å². The molecule has 1 unspecified atom stereocenters. The quantitative estimate of drug-likeness (QED) is 0.423. The van der Waals surface area contributed by atoms with E-state index in [0.717, 1.165) is 0 Å². The number of hydrogen-bond acceptors (Lipinski definition) is 6. The largest absolute Gasteiger partial charge is 0.497 e. The van der Waals surface area contributed by atoms with E-state index in [1.807, 2.05) is 0 Å². The molecule has 1 heterocycles.